The molecule has 14 heteroatoms. The lowest BCUT2D eigenvalue weighted by Gasteiger charge is -2.68. The van der Waals surface area contributed by atoms with E-state index in [1.165, 1.54) is 6.92 Å². The first-order valence-electron chi connectivity index (χ1n) is 18.6. The molecule has 3 heterocycles. The number of esters is 3. The zero-order chi connectivity index (χ0) is 38.5. The number of aromatic amines is 1. The fourth-order valence-electron chi connectivity index (χ4n) is 10.8. The molecule has 0 spiro atoms. The van der Waals surface area contributed by atoms with Gasteiger partial charge in [-0.15, -0.1) is 0 Å². The Kier molecular flexibility index (Phi) is 11.2. The minimum atomic E-state index is -1.60. The molecule has 0 radical (unpaired) electrons. The minimum absolute atomic E-state index is 0.00534. The fourth-order valence-corrected chi connectivity index (χ4v) is 10.8. The summed E-state index contributed by atoms with van der Waals surface area (Å²) in [5.41, 5.74) is -0.738. The van der Waals surface area contributed by atoms with Crippen LogP contribution in [0.4, 0.5) is 0 Å². The molecule has 5 aliphatic rings. The number of aliphatic hydroxyl groups excluding tert-OH is 3. The van der Waals surface area contributed by atoms with Crippen LogP contribution in [0.15, 0.2) is 35.1 Å². The molecule has 14 nitrogen and oxygen atoms in total. The van der Waals surface area contributed by atoms with Crippen molar-refractivity contribution >= 4 is 17.9 Å². The lowest BCUT2D eigenvalue weighted by molar-refractivity contribution is -0.285. The number of ether oxygens (including phenoxy) is 7. The van der Waals surface area contributed by atoms with Crippen molar-refractivity contribution in [1.29, 1.82) is 0 Å². The van der Waals surface area contributed by atoms with Gasteiger partial charge in [-0.05, 0) is 68.9 Å². The van der Waals surface area contributed by atoms with Gasteiger partial charge in [0.25, 0.3) is 0 Å². The first kappa shape index (κ1) is 39.4. The van der Waals surface area contributed by atoms with Gasteiger partial charge in [-0.2, -0.15) is 0 Å². The number of nitrogens with one attached hydrogen (secondary N) is 1. The van der Waals surface area contributed by atoms with E-state index in [4.69, 9.17) is 33.2 Å². The molecule has 294 valence electrons. The van der Waals surface area contributed by atoms with Crippen molar-refractivity contribution in [2.75, 3.05) is 27.4 Å². The van der Waals surface area contributed by atoms with E-state index in [0.29, 0.717) is 37.8 Å². The summed E-state index contributed by atoms with van der Waals surface area (Å²) in [6.45, 7) is 9.35. The molecular weight excluding hydrogens is 690 g/mol. The molecule has 3 fully saturated rings. The van der Waals surface area contributed by atoms with Crippen molar-refractivity contribution < 1.29 is 62.9 Å². The van der Waals surface area contributed by atoms with Gasteiger partial charge in [0.05, 0.1) is 42.5 Å². The van der Waals surface area contributed by atoms with Gasteiger partial charge >= 0.3 is 17.9 Å². The quantitative estimate of drug-likeness (QED) is 0.143. The number of methoxy groups -OCH3 is 2. The van der Waals surface area contributed by atoms with E-state index in [2.05, 4.69) is 11.9 Å². The smallest absolute Gasteiger partial charge is 0.376 e. The van der Waals surface area contributed by atoms with Crippen LogP contribution in [-0.4, -0.2) is 103 Å². The summed E-state index contributed by atoms with van der Waals surface area (Å²) < 4.78 is 40.9. The van der Waals surface area contributed by atoms with Crippen LogP contribution in [0.1, 0.15) is 89.3 Å². The predicted molar refractivity (Wildman–Crippen MR) is 187 cm³/mol. The number of aliphatic hydroxyl groups is 3. The average Bonchev–Trinajstić information content (AvgIpc) is 3.67. The highest BCUT2D eigenvalue weighted by Crippen LogP contribution is 2.70. The van der Waals surface area contributed by atoms with Crippen molar-refractivity contribution in [3.63, 3.8) is 0 Å². The molecule has 4 N–H and O–H groups in total. The second-order valence-electron chi connectivity index (χ2n) is 16.1. The number of carbonyl (C=O) groups is 3. The number of fused-ring (bicyclic) bond motifs is 3. The van der Waals surface area contributed by atoms with Gasteiger partial charge in [0.1, 0.15) is 18.4 Å². The summed E-state index contributed by atoms with van der Waals surface area (Å²) in [7, 11) is 3.21. The topological polar surface area (TPSA) is 192 Å². The molecule has 12 atom stereocenters. The maximum Gasteiger partial charge on any atom is 0.376 e. The van der Waals surface area contributed by atoms with E-state index in [9.17, 15) is 29.7 Å². The Bertz CT molecular complexity index is 1620. The second-order valence-corrected chi connectivity index (χ2v) is 16.1. The lowest BCUT2D eigenvalue weighted by Crippen LogP contribution is -2.69. The van der Waals surface area contributed by atoms with E-state index < -0.39 is 76.5 Å². The van der Waals surface area contributed by atoms with Crippen molar-refractivity contribution in [2.24, 2.45) is 34.0 Å². The fraction of sp³-hybridized carbons (Fsp3) is 0.718. The number of carbonyl (C=O) groups excluding carboxylic acids is 3. The summed E-state index contributed by atoms with van der Waals surface area (Å²) in [6.07, 6.45) is 0.521. The SMILES string of the molecule is COCc1ccc(C(=O)OCC2(CO[C@H]3CC[C@@H](OC)[C@H](C)O3)[C@H]3CC[C@@]4(C)[C@H](C5=C(O)C(=O)OC5O)C(C)=CC[C@H]4[C@]3(C)[C@@H](O)C[C@H]2OC(C)=O)[nH]1. The number of hydrogen-bond acceptors (Lipinski definition) is 13. The highest BCUT2D eigenvalue weighted by atomic mass is 16.7. The third-order valence-electron chi connectivity index (χ3n) is 13.3. The van der Waals surface area contributed by atoms with Crippen LogP contribution in [0.3, 0.4) is 0 Å². The van der Waals surface area contributed by atoms with Gasteiger partial charge in [0.15, 0.2) is 6.29 Å². The monoisotopic (exact) mass is 745 g/mol. The van der Waals surface area contributed by atoms with Gasteiger partial charge in [-0.3, -0.25) is 4.79 Å². The molecule has 3 aliphatic carbocycles. The third-order valence-corrected chi connectivity index (χ3v) is 13.3. The Morgan fingerprint density at radius 2 is 1.83 bits per heavy atom. The van der Waals surface area contributed by atoms with E-state index in [1.807, 2.05) is 26.8 Å². The molecule has 0 bridgehead atoms. The second kappa shape index (κ2) is 15.1. The summed E-state index contributed by atoms with van der Waals surface area (Å²) in [5, 5.41) is 34.0. The van der Waals surface area contributed by atoms with Crippen LogP contribution in [0.25, 0.3) is 0 Å². The summed E-state index contributed by atoms with van der Waals surface area (Å²) in [4.78, 5) is 41.9. The maximum atomic E-state index is 13.7. The summed E-state index contributed by atoms with van der Waals surface area (Å²) in [6, 6.07) is 3.37. The van der Waals surface area contributed by atoms with Crippen LogP contribution in [0.2, 0.25) is 0 Å². The maximum absolute atomic E-state index is 13.7. The van der Waals surface area contributed by atoms with Gasteiger partial charge in [-0.25, -0.2) is 9.59 Å². The molecule has 6 rings (SSSR count). The zero-order valence-electron chi connectivity index (χ0n) is 31.7. The molecule has 0 amide bonds. The lowest BCUT2D eigenvalue weighted by atomic mass is 9.38. The van der Waals surface area contributed by atoms with Crippen LogP contribution in [0, 0.1) is 34.0 Å². The normalized spacial score (nSPS) is 39.8. The van der Waals surface area contributed by atoms with Crippen molar-refractivity contribution in [2.45, 2.75) is 117 Å². The van der Waals surface area contributed by atoms with Crippen molar-refractivity contribution in [3.05, 3.63) is 46.5 Å². The number of rotatable bonds is 11. The first-order valence-corrected chi connectivity index (χ1v) is 18.6. The minimum Gasteiger partial charge on any atom is -0.502 e. The van der Waals surface area contributed by atoms with Gasteiger partial charge < -0.3 is 53.5 Å². The van der Waals surface area contributed by atoms with Crippen LogP contribution < -0.4 is 0 Å². The highest BCUT2D eigenvalue weighted by Gasteiger charge is 2.70. The van der Waals surface area contributed by atoms with E-state index in [0.717, 1.165) is 5.57 Å². The van der Waals surface area contributed by atoms with E-state index in [-0.39, 0.29) is 55.6 Å². The predicted octanol–water partition coefficient (Wildman–Crippen LogP) is 4.25. The Balaban J connectivity index is 1.41. The Morgan fingerprint density at radius 1 is 1.08 bits per heavy atom. The standard InChI is InChI=1S/C39H55NO13/c1-20-8-12-26-37(4,32(20)31-33(43)36(46)53-35(31)45)15-14-27-38(26,5)28(42)16-29(52-22(3)41)39(27,18-49-30-13-11-25(48-7)21(2)51-30)19-50-34(44)24-10-9-23(40-24)17-47-6/h8-10,21,25-30,32,35,40,42-43,45H,11-19H2,1-7H3/t21-,25+,26+,27-,28-,29+,30+,32-,35?,37+,38-,39?/m0/s1. The van der Waals surface area contributed by atoms with Gasteiger partial charge in [0, 0.05) is 51.0 Å². The number of hydrogen-bond donors (Lipinski definition) is 4. The molecule has 2 aliphatic heterocycles. The Morgan fingerprint density at radius 3 is 2.47 bits per heavy atom. The van der Waals surface area contributed by atoms with Crippen LogP contribution in [0.5, 0.6) is 0 Å². The average molecular weight is 746 g/mol. The number of allylic oxidation sites excluding steroid dienone is 2. The zero-order valence-corrected chi connectivity index (χ0v) is 31.7. The molecule has 2 saturated carbocycles. The number of H-pyrrole nitrogens is 1. The number of cyclic esters (lactones) is 1. The summed E-state index contributed by atoms with van der Waals surface area (Å²) >= 11 is 0. The largest absolute Gasteiger partial charge is 0.502 e. The Labute approximate surface area is 310 Å². The van der Waals surface area contributed by atoms with E-state index >= 15 is 0 Å². The van der Waals surface area contributed by atoms with Crippen molar-refractivity contribution in [3.8, 4) is 0 Å². The van der Waals surface area contributed by atoms with Crippen molar-refractivity contribution in [1.82, 2.24) is 4.98 Å². The summed E-state index contributed by atoms with van der Waals surface area (Å²) in [5.74, 6) is -3.95. The van der Waals surface area contributed by atoms with Crippen LogP contribution >= 0.6 is 0 Å². The Hall–Kier alpha value is -3.27. The third kappa shape index (κ3) is 6.84. The number of aromatic nitrogens is 1. The molecule has 0 aromatic carbocycles. The van der Waals surface area contributed by atoms with Crippen LogP contribution in [-0.2, 0) is 49.4 Å². The molecule has 1 aromatic heterocycles. The molecule has 1 saturated heterocycles. The highest BCUT2D eigenvalue weighted by molar-refractivity contribution is 5.89. The molecule has 1 aromatic rings. The van der Waals surface area contributed by atoms with E-state index in [1.54, 1.807) is 26.4 Å². The first-order chi connectivity index (χ1) is 25.1. The molecular formula is C39H55NO13. The molecule has 2 unspecified atom stereocenters. The molecule has 53 heavy (non-hydrogen) atoms. The van der Waals surface area contributed by atoms with Gasteiger partial charge in [-0.1, -0.05) is 25.5 Å². The van der Waals surface area contributed by atoms with Gasteiger partial charge in [0.2, 0.25) is 12.0 Å².